The molecule has 18 aromatic carbocycles. The van der Waals surface area contributed by atoms with Crippen molar-refractivity contribution in [1.82, 2.24) is 0 Å². The quantitative estimate of drug-likeness (QED) is 0.0419. The van der Waals surface area contributed by atoms with Crippen molar-refractivity contribution >= 4 is 34.1 Å². The van der Waals surface area contributed by atoms with Crippen LogP contribution in [0.15, 0.2) is 449 Å². The number of nitrogens with zero attached hydrogens (tertiary/aromatic N) is 2. The van der Waals surface area contributed by atoms with Crippen LogP contribution in [0.5, 0.6) is 11.5 Å². The first kappa shape index (κ1) is 87.5. The first-order valence-electron chi connectivity index (χ1n) is 48.0. The smallest absolute Gasteiger partial charge is 0.119 e. The maximum absolute atomic E-state index is 6.50. The third-order valence-electron chi connectivity index (χ3n) is 27.9. The fourth-order valence-electron chi connectivity index (χ4n) is 20.1. The highest BCUT2D eigenvalue weighted by molar-refractivity contribution is 5.93. The molecule has 2 aliphatic carbocycles. The molecule has 0 aliphatic heterocycles. The van der Waals surface area contributed by atoms with E-state index in [4.69, 9.17) is 9.47 Å². The largest absolute Gasteiger partial charge is 0.489 e. The summed E-state index contributed by atoms with van der Waals surface area (Å²) in [6.45, 7) is 16.9. The van der Waals surface area contributed by atoms with Crippen LogP contribution in [0.1, 0.15) is 183 Å². The van der Waals surface area contributed by atoms with Gasteiger partial charge in [-0.3, -0.25) is 0 Å². The number of benzene rings is 18. The van der Waals surface area contributed by atoms with Gasteiger partial charge in [-0.2, -0.15) is 0 Å². The highest BCUT2D eigenvalue weighted by atomic mass is 16.5. The third kappa shape index (κ3) is 18.1. The van der Waals surface area contributed by atoms with Gasteiger partial charge in [0.2, 0.25) is 0 Å². The summed E-state index contributed by atoms with van der Waals surface area (Å²) < 4.78 is 13.0. The zero-order chi connectivity index (χ0) is 90.6. The van der Waals surface area contributed by atoms with Crippen molar-refractivity contribution in [3.63, 3.8) is 0 Å². The molecular weight excluding hydrogens is 1610 g/mol. The summed E-state index contributed by atoms with van der Waals surface area (Å²) in [4.78, 5) is 4.83. The Morgan fingerprint density at radius 1 is 0.233 bits per heavy atom. The van der Waals surface area contributed by atoms with E-state index in [1.54, 1.807) is 0 Å². The van der Waals surface area contributed by atoms with Gasteiger partial charge in [0, 0.05) is 34.1 Å². The van der Waals surface area contributed by atoms with Gasteiger partial charge in [-0.1, -0.05) is 420 Å². The predicted octanol–water partition coefficient (Wildman–Crippen LogP) is 35.1. The molecule has 2 aliphatic rings. The maximum Gasteiger partial charge on any atom is 0.119 e. The number of unbranched alkanes of at least 4 members (excludes halogenated alkanes) is 3. The predicted molar refractivity (Wildman–Crippen MR) is 559 cm³/mol. The molecule has 4 unspecified atom stereocenters. The monoisotopic (exact) mass is 1720 g/mol. The average Bonchev–Trinajstić information content (AvgIpc) is 1.54. The lowest BCUT2D eigenvalue weighted by Gasteiger charge is -2.35. The van der Waals surface area contributed by atoms with E-state index in [1.807, 2.05) is 0 Å². The number of hydrogen-bond donors (Lipinski definition) is 0. The average molecular weight is 1730 g/mol. The molecule has 654 valence electrons. The normalized spacial score (nSPS) is 14.3. The molecule has 4 atom stereocenters. The van der Waals surface area contributed by atoms with Crippen molar-refractivity contribution in [2.45, 2.75) is 135 Å². The molecule has 20 rings (SSSR count). The maximum atomic E-state index is 6.50. The topological polar surface area (TPSA) is 24.9 Å². The fourth-order valence-corrected chi connectivity index (χ4v) is 20.1. The van der Waals surface area contributed by atoms with E-state index in [1.165, 1.54) is 170 Å². The molecule has 4 nitrogen and oxygen atoms in total. The van der Waals surface area contributed by atoms with E-state index >= 15 is 0 Å². The van der Waals surface area contributed by atoms with Gasteiger partial charge in [-0.15, -0.1) is 0 Å². The molecule has 0 radical (unpaired) electrons. The molecular formula is C129H116N2O2. The summed E-state index contributed by atoms with van der Waals surface area (Å²) in [6.07, 6.45) is 8.37. The van der Waals surface area contributed by atoms with Gasteiger partial charge in [-0.05, 0) is 285 Å². The summed E-state index contributed by atoms with van der Waals surface area (Å²) in [5.41, 5.74) is 37.9. The van der Waals surface area contributed by atoms with Crippen LogP contribution in [-0.4, -0.2) is 0 Å². The van der Waals surface area contributed by atoms with Crippen LogP contribution in [0.4, 0.5) is 34.1 Å². The zero-order valence-electron chi connectivity index (χ0n) is 77.5. The van der Waals surface area contributed by atoms with E-state index in [0.717, 1.165) is 64.9 Å². The lowest BCUT2D eigenvalue weighted by Crippen LogP contribution is -2.29. The van der Waals surface area contributed by atoms with Crippen LogP contribution >= 0.6 is 0 Å². The Hall–Kier alpha value is -14.8. The minimum absolute atomic E-state index is 0.424. The van der Waals surface area contributed by atoms with Crippen LogP contribution in [0.2, 0.25) is 0 Å². The van der Waals surface area contributed by atoms with Crippen molar-refractivity contribution in [1.29, 1.82) is 0 Å². The molecule has 0 bridgehead atoms. The van der Waals surface area contributed by atoms with Gasteiger partial charge in [0.05, 0.1) is 10.8 Å². The van der Waals surface area contributed by atoms with Gasteiger partial charge in [0.1, 0.15) is 24.7 Å². The highest BCUT2D eigenvalue weighted by Crippen LogP contribution is 2.60. The van der Waals surface area contributed by atoms with Crippen molar-refractivity contribution in [3.05, 3.63) is 527 Å². The second-order valence-corrected chi connectivity index (χ2v) is 36.4. The second-order valence-electron chi connectivity index (χ2n) is 36.4. The molecule has 0 spiro atoms. The molecule has 0 N–H and O–H groups in total. The molecule has 0 saturated carbocycles. The van der Waals surface area contributed by atoms with Crippen molar-refractivity contribution in [2.24, 2.45) is 0 Å². The van der Waals surface area contributed by atoms with Crippen molar-refractivity contribution in [2.75, 3.05) is 9.80 Å². The number of anilines is 6. The first-order chi connectivity index (χ1) is 65.4. The van der Waals surface area contributed by atoms with E-state index in [2.05, 4.69) is 507 Å². The van der Waals surface area contributed by atoms with E-state index in [9.17, 15) is 0 Å². The molecule has 133 heavy (non-hydrogen) atoms. The van der Waals surface area contributed by atoms with Gasteiger partial charge in [-0.25, -0.2) is 0 Å². The van der Waals surface area contributed by atoms with Crippen LogP contribution in [-0.2, 0) is 30.5 Å². The number of hydrogen-bond acceptors (Lipinski definition) is 4. The lowest BCUT2D eigenvalue weighted by molar-refractivity contribution is 0.306. The van der Waals surface area contributed by atoms with E-state index < -0.39 is 10.8 Å². The molecule has 18 aromatic rings. The Morgan fingerprint density at radius 2 is 0.511 bits per heavy atom. The summed E-state index contributed by atoms with van der Waals surface area (Å²) in [7, 11) is 0. The molecule has 0 saturated heterocycles. The molecule has 0 aromatic heterocycles. The third-order valence-corrected chi connectivity index (χ3v) is 27.9. The Morgan fingerprint density at radius 3 is 0.835 bits per heavy atom. The SMILES string of the molecule is CCC(C)c1ccc(COc2ccc(C3(c4ccc(C(C)C)cc4)c4ccccc4-c4ccc(N(c5ccc(-c6ccccc6)cc5)c5ccc(-c6ccccc6)cc5)cc43)cc2)cc1.CCCCCCc1ccc(C2(c3ccc(OCc4ccc(C(C)CC)cc4)cc3)c3ccccc3-c3ccc(N(c4ccc(-c5ccccc5)cc4)c4ccc(-c5ccccc5)cc4)cc32)cc1. The second kappa shape index (κ2) is 39.9. The number of fused-ring (bicyclic) bond motifs is 6. The summed E-state index contributed by atoms with van der Waals surface area (Å²) in [5.74, 6) is 3.24. The Kier molecular flexibility index (Phi) is 26.2. The number of aryl methyl sites for hydroxylation is 1. The summed E-state index contributed by atoms with van der Waals surface area (Å²) in [5, 5.41) is 0. The van der Waals surface area contributed by atoms with Crippen LogP contribution in [0, 0.1) is 0 Å². The van der Waals surface area contributed by atoms with Crippen molar-refractivity contribution in [3.8, 4) is 78.3 Å². The minimum Gasteiger partial charge on any atom is -0.489 e. The standard InChI is InChI=1S/C66H61NO.C63H55NO/c1-4-6-7-10-17-49-26-34-56(35-27-49)66(57-36-43-61(44-37-57)68-47-50-24-28-51(29-25-50)48(3)5-2)64-23-16-15-22-62(64)63-45-42-60(46-65(63)66)67(58-38-30-54(31-39-58)52-18-11-8-12-19-52)59-40-32-55(33-41-59)53-20-13-9-14-21-53;1-5-45(4)48-22-20-46(21-23-48)43-65-58-39-32-54(33-40-58)63(53-30-24-47(25-31-53)44(2)3)61-19-13-12-18-59(61)60-41-38-57(42-62(60)63)64(55-34-26-51(27-35-55)49-14-8-6-9-15-49)56-36-28-52(29-37-56)50-16-10-7-11-17-50/h8-9,11-16,18-46,48H,4-7,10,17,47H2,1-3H3;6-42,44-45H,5,43H2,1-4H3. The fraction of sp³-hybridized carbons (Fsp3) is 0.163. The van der Waals surface area contributed by atoms with Crippen LogP contribution < -0.4 is 19.3 Å². The summed E-state index contributed by atoms with van der Waals surface area (Å²) >= 11 is 0. The lowest BCUT2D eigenvalue weighted by atomic mass is 9.67. The molecule has 4 heteroatoms. The zero-order valence-corrected chi connectivity index (χ0v) is 77.5. The van der Waals surface area contributed by atoms with E-state index in [-0.39, 0.29) is 0 Å². The van der Waals surface area contributed by atoms with Gasteiger partial charge in [0.15, 0.2) is 0 Å². The molecule has 0 fully saturated rings. The number of ether oxygens (including phenoxy) is 2. The van der Waals surface area contributed by atoms with Crippen molar-refractivity contribution < 1.29 is 9.47 Å². The Labute approximate surface area is 788 Å². The van der Waals surface area contributed by atoms with E-state index in [0.29, 0.717) is 31.0 Å². The van der Waals surface area contributed by atoms with Crippen LogP contribution in [0.25, 0.3) is 66.8 Å². The van der Waals surface area contributed by atoms with Gasteiger partial charge < -0.3 is 19.3 Å². The van der Waals surface area contributed by atoms with Gasteiger partial charge in [0.25, 0.3) is 0 Å². The van der Waals surface area contributed by atoms with Gasteiger partial charge >= 0.3 is 0 Å². The Bertz CT molecular complexity index is 6740. The summed E-state index contributed by atoms with van der Waals surface area (Å²) in [6, 6.07) is 165. The number of rotatable bonds is 30. The Balaban J connectivity index is 0.000000172. The van der Waals surface area contributed by atoms with Crippen LogP contribution in [0.3, 0.4) is 0 Å². The first-order valence-corrected chi connectivity index (χ1v) is 48.0. The molecule has 0 amide bonds. The minimum atomic E-state index is -0.595. The highest BCUT2D eigenvalue weighted by Gasteiger charge is 2.48. The molecule has 0 heterocycles.